The zero-order chi connectivity index (χ0) is 10.0. The standard InChI is InChI=1S/C9H12N2O2/c1-6-4-8(10-3)5-7(2)9(6)11(12)13/h4-5,10H,1-3H3. The van der Waals surface area contributed by atoms with Crippen molar-refractivity contribution in [3.05, 3.63) is 33.4 Å². The molecular formula is C9H12N2O2. The summed E-state index contributed by atoms with van der Waals surface area (Å²) < 4.78 is 0. The Hall–Kier alpha value is -1.58. The van der Waals surface area contributed by atoms with E-state index in [-0.39, 0.29) is 10.6 Å². The average Bonchev–Trinajstić information content (AvgIpc) is 2.02. The van der Waals surface area contributed by atoms with Crippen LogP contribution in [0, 0.1) is 24.0 Å². The second-order valence-corrected chi connectivity index (χ2v) is 2.97. The topological polar surface area (TPSA) is 55.2 Å². The summed E-state index contributed by atoms with van der Waals surface area (Å²) >= 11 is 0. The van der Waals surface area contributed by atoms with E-state index in [1.54, 1.807) is 33.0 Å². The SMILES string of the molecule is CNc1cc(C)c([N+](=O)[O-])c(C)c1. The van der Waals surface area contributed by atoms with E-state index in [0.717, 1.165) is 5.69 Å². The van der Waals surface area contributed by atoms with Gasteiger partial charge in [-0.1, -0.05) is 0 Å². The van der Waals surface area contributed by atoms with Crippen LogP contribution in [0.15, 0.2) is 12.1 Å². The largest absolute Gasteiger partial charge is 0.388 e. The molecule has 0 aliphatic heterocycles. The van der Waals surface area contributed by atoms with Crippen LogP contribution >= 0.6 is 0 Å². The van der Waals surface area contributed by atoms with Gasteiger partial charge in [0.15, 0.2) is 0 Å². The number of anilines is 1. The Morgan fingerprint density at radius 3 is 2.08 bits per heavy atom. The number of rotatable bonds is 2. The van der Waals surface area contributed by atoms with Crippen molar-refractivity contribution >= 4 is 11.4 Å². The van der Waals surface area contributed by atoms with Gasteiger partial charge < -0.3 is 5.32 Å². The molecule has 1 aromatic carbocycles. The zero-order valence-electron chi connectivity index (χ0n) is 7.92. The normalized spacial score (nSPS) is 9.77. The lowest BCUT2D eigenvalue weighted by Crippen LogP contribution is -1.97. The number of nitro groups is 1. The highest BCUT2D eigenvalue weighted by Gasteiger charge is 2.14. The number of nitrogens with zero attached hydrogens (tertiary/aromatic N) is 1. The fraction of sp³-hybridized carbons (Fsp3) is 0.333. The van der Waals surface area contributed by atoms with Gasteiger partial charge in [0.1, 0.15) is 0 Å². The third kappa shape index (κ3) is 1.77. The van der Waals surface area contributed by atoms with Crippen LogP contribution in [0.3, 0.4) is 0 Å². The molecule has 4 nitrogen and oxygen atoms in total. The molecule has 0 spiro atoms. The van der Waals surface area contributed by atoms with Crippen LogP contribution in [0.1, 0.15) is 11.1 Å². The Balaban J connectivity index is 3.31. The molecular weight excluding hydrogens is 168 g/mol. The van der Waals surface area contributed by atoms with Crippen LogP contribution in [0.25, 0.3) is 0 Å². The molecule has 0 aliphatic rings. The van der Waals surface area contributed by atoms with E-state index >= 15 is 0 Å². The fourth-order valence-corrected chi connectivity index (χ4v) is 1.39. The van der Waals surface area contributed by atoms with Crippen LogP contribution in [0.4, 0.5) is 11.4 Å². The van der Waals surface area contributed by atoms with Crippen molar-refractivity contribution in [3.63, 3.8) is 0 Å². The number of hydrogen-bond donors (Lipinski definition) is 1. The van der Waals surface area contributed by atoms with Gasteiger partial charge in [-0.15, -0.1) is 0 Å². The molecule has 0 bridgehead atoms. The van der Waals surface area contributed by atoms with Gasteiger partial charge in [-0.05, 0) is 26.0 Å². The predicted molar refractivity (Wildman–Crippen MR) is 52.1 cm³/mol. The van der Waals surface area contributed by atoms with Gasteiger partial charge in [-0.3, -0.25) is 10.1 Å². The third-order valence-corrected chi connectivity index (χ3v) is 1.96. The Kier molecular flexibility index (Phi) is 2.51. The van der Waals surface area contributed by atoms with Gasteiger partial charge in [0.2, 0.25) is 0 Å². The van der Waals surface area contributed by atoms with Gasteiger partial charge in [0.25, 0.3) is 5.69 Å². The molecule has 0 fully saturated rings. The molecule has 13 heavy (non-hydrogen) atoms. The van der Waals surface area contributed by atoms with Crippen molar-refractivity contribution < 1.29 is 4.92 Å². The van der Waals surface area contributed by atoms with Crippen molar-refractivity contribution in [3.8, 4) is 0 Å². The zero-order valence-corrected chi connectivity index (χ0v) is 7.92. The van der Waals surface area contributed by atoms with E-state index in [1.165, 1.54) is 0 Å². The third-order valence-electron chi connectivity index (χ3n) is 1.96. The van der Waals surface area contributed by atoms with Crippen LogP contribution in [0.2, 0.25) is 0 Å². The minimum absolute atomic E-state index is 0.207. The molecule has 0 aliphatic carbocycles. The van der Waals surface area contributed by atoms with Crippen LogP contribution in [-0.4, -0.2) is 12.0 Å². The first-order valence-corrected chi connectivity index (χ1v) is 3.99. The summed E-state index contributed by atoms with van der Waals surface area (Å²) in [7, 11) is 1.79. The van der Waals surface area contributed by atoms with Crippen molar-refractivity contribution in [2.75, 3.05) is 12.4 Å². The number of nitrogens with one attached hydrogen (secondary N) is 1. The highest BCUT2D eigenvalue weighted by molar-refractivity contribution is 5.58. The van der Waals surface area contributed by atoms with E-state index in [2.05, 4.69) is 5.32 Å². The van der Waals surface area contributed by atoms with E-state index in [0.29, 0.717) is 11.1 Å². The van der Waals surface area contributed by atoms with E-state index in [1.807, 2.05) is 0 Å². The van der Waals surface area contributed by atoms with Crippen molar-refractivity contribution in [2.45, 2.75) is 13.8 Å². The van der Waals surface area contributed by atoms with Crippen molar-refractivity contribution in [2.24, 2.45) is 0 Å². The molecule has 0 saturated heterocycles. The molecule has 0 unspecified atom stereocenters. The van der Waals surface area contributed by atoms with E-state index in [9.17, 15) is 10.1 Å². The predicted octanol–water partition coefficient (Wildman–Crippen LogP) is 2.25. The molecule has 4 heteroatoms. The number of aryl methyl sites for hydroxylation is 2. The Morgan fingerprint density at radius 1 is 1.31 bits per heavy atom. The highest BCUT2D eigenvalue weighted by atomic mass is 16.6. The first-order valence-electron chi connectivity index (χ1n) is 3.99. The molecule has 0 amide bonds. The van der Waals surface area contributed by atoms with Crippen molar-refractivity contribution in [1.82, 2.24) is 0 Å². The van der Waals surface area contributed by atoms with Crippen molar-refractivity contribution in [1.29, 1.82) is 0 Å². The van der Waals surface area contributed by atoms with Gasteiger partial charge >= 0.3 is 0 Å². The number of benzene rings is 1. The molecule has 0 atom stereocenters. The number of hydrogen-bond acceptors (Lipinski definition) is 3. The Morgan fingerprint density at radius 2 is 1.77 bits per heavy atom. The lowest BCUT2D eigenvalue weighted by Gasteiger charge is -2.05. The minimum atomic E-state index is -0.343. The molecule has 1 aromatic rings. The first-order chi connectivity index (χ1) is 6.06. The summed E-state index contributed by atoms with van der Waals surface area (Å²) in [4.78, 5) is 10.3. The van der Waals surface area contributed by atoms with Gasteiger partial charge in [0.05, 0.1) is 4.92 Å². The highest BCUT2D eigenvalue weighted by Crippen LogP contribution is 2.26. The molecule has 0 saturated carbocycles. The summed E-state index contributed by atoms with van der Waals surface area (Å²) in [5, 5.41) is 13.6. The van der Waals surface area contributed by atoms with Crippen LogP contribution in [0.5, 0.6) is 0 Å². The summed E-state index contributed by atoms with van der Waals surface area (Å²) in [6.45, 7) is 3.48. The summed E-state index contributed by atoms with van der Waals surface area (Å²) in [5.74, 6) is 0. The molecule has 1 N–H and O–H groups in total. The molecule has 1 rings (SSSR count). The second kappa shape index (κ2) is 3.43. The maximum absolute atomic E-state index is 10.6. The van der Waals surface area contributed by atoms with Crippen LogP contribution in [-0.2, 0) is 0 Å². The minimum Gasteiger partial charge on any atom is -0.388 e. The maximum atomic E-state index is 10.6. The van der Waals surface area contributed by atoms with Gasteiger partial charge in [-0.2, -0.15) is 0 Å². The molecule has 0 aromatic heterocycles. The molecule has 70 valence electrons. The Labute approximate surface area is 76.7 Å². The Bertz CT molecular complexity index is 324. The quantitative estimate of drug-likeness (QED) is 0.561. The number of nitro benzene ring substituents is 1. The van der Waals surface area contributed by atoms with E-state index in [4.69, 9.17) is 0 Å². The van der Waals surface area contributed by atoms with Crippen LogP contribution < -0.4 is 5.32 Å². The summed E-state index contributed by atoms with van der Waals surface area (Å²) in [6.07, 6.45) is 0. The monoisotopic (exact) mass is 180 g/mol. The lowest BCUT2D eigenvalue weighted by atomic mass is 10.1. The first kappa shape index (κ1) is 9.51. The molecule has 0 heterocycles. The summed E-state index contributed by atoms with van der Waals surface area (Å²) in [6, 6.07) is 3.54. The van der Waals surface area contributed by atoms with E-state index < -0.39 is 0 Å². The summed E-state index contributed by atoms with van der Waals surface area (Å²) in [5.41, 5.74) is 2.49. The maximum Gasteiger partial charge on any atom is 0.275 e. The lowest BCUT2D eigenvalue weighted by molar-refractivity contribution is -0.386. The smallest absolute Gasteiger partial charge is 0.275 e. The van der Waals surface area contributed by atoms with Gasteiger partial charge in [-0.25, -0.2) is 0 Å². The second-order valence-electron chi connectivity index (χ2n) is 2.97. The fourth-order valence-electron chi connectivity index (χ4n) is 1.39. The molecule has 0 radical (unpaired) electrons. The van der Waals surface area contributed by atoms with Gasteiger partial charge in [0, 0.05) is 23.9 Å². The average molecular weight is 180 g/mol.